The van der Waals surface area contributed by atoms with Crippen molar-refractivity contribution in [3.8, 4) is 0 Å². The Morgan fingerprint density at radius 2 is 1.91 bits per heavy atom. The van der Waals surface area contributed by atoms with Gasteiger partial charge < -0.3 is 4.74 Å². The fourth-order valence-electron chi connectivity index (χ4n) is 1.46. The largest absolute Gasteiger partial charge is 0.488 e. The lowest BCUT2D eigenvalue weighted by Crippen LogP contribution is -2.28. The van der Waals surface area contributed by atoms with Crippen LogP contribution in [-0.2, 0) is 4.74 Å². The van der Waals surface area contributed by atoms with Crippen LogP contribution < -0.4 is 0 Å². The van der Waals surface area contributed by atoms with E-state index in [1.807, 2.05) is 0 Å². The highest BCUT2D eigenvalue weighted by molar-refractivity contribution is 5.30. The van der Waals surface area contributed by atoms with Gasteiger partial charge in [-0.15, -0.1) is 0 Å². The summed E-state index contributed by atoms with van der Waals surface area (Å²) in [7, 11) is 0. The summed E-state index contributed by atoms with van der Waals surface area (Å²) >= 11 is 0. The Labute approximate surface area is 68.8 Å². The lowest BCUT2D eigenvalue weighted by molar-refractivity contribution is 0.0316. The molecule has 0 bridgehead atoms. The maximum Gasteiger partial charge on any atom is 0.115 e. The first-order valence-corrected chi connectivity index (χ1v) is 3.97. The summed E-state index contributed by atoms with van der Waals surface area (Å²) < 4.78 is 5.60. The quantitative estimate of drug-likeness (QED) is 0.518. The zero-order valence-corrected chi connectivity index (χ0v) is 7.82. The lowest BCUT2D eigenvalue weighted by atomic mass is 9.92. The third-order valence-corrected chi connectivity index (χ3v) is 2.15. The van der Waals surface area contributed by atoms with Crippen LogP contribution in [0.2, 0.25) is 0 Å². The van der Waals surface area contributed by atoms with E-state index in [1.54, 1.807) is 0 Å². The molecule has 0 aromatic heterocycles. The Kier molecular flexibility index (Phi) is 1.83. The van der Waals surface area contributed by atoms with Gasteiger partial charge in [0.05, 0.1) is 0 Å². The molecule has 1 heteroatoms. The fourth-order valence-corrected chi connectivity index (χ4v) is 1.46. The monoisotopic (exact) mass is 152 g/mol. The van der Waals surface area contributed by atoms with E-state index in [9.17, 15) is 0 Å². The van der Waals surface area contributed by atoms with Crippen molar-refractivity contribution in [3.05, 3.63) is 23.5 Å². The second-order valence-electron chi connectivity index (χ2n) is 3.87. The van der Waals surface area contributed by atoms with Crippen molar-refractivity contribution in [2.75, 3.05) is 0 Å². The second kappa shape index (κ2) is 2.40. The van der Waals surface area contributed by atoms with Gasteiger partial charge in [0.2, 0.25) is 0 Å². The Morgan fingerprint density at radius 3 is 2.36 bits per heavy atom. The molecule has 0 saturated heterocycles. The van der Waals surface area contributed by atoms with Gasteiger partial charge in [0.1, 0.15) is 11.4 Å². The molecule has 0 atom stereocenters. The minimum absolute atomic E-state index is 0.0549. The molecule has 0 aromatic rings. The molecule has 0 fully saturated rings. The molecule has 1 rings (SSSR count). The van der Waals surface area contributed by atoms with Gasteiger partial charge in [0.15, 0.2) is 0 Å². The van der Waals surface area contributed by atoms with Gasteiger partial charge in [-0.25, -0.2) is 0 Å². The predicted octanol–water partition coefficient (Wildman–Crippen LogP) is 3.04. The average Bonchev–Trinajstić information content (AvgIpc) is 1.81. The van der Waals surface area contributed by atoms with Crippen LogP contribution in [0, 0.1) is 0 Å². The molecule has 0 spiro atoms. The van der Waals surface area contributed by atoms with Gasteiger partial charge in [0.25, 0.3) is 0 Å². The Hall–Kier alpha value is -0.720. The molecule has 0 N–H and O–H groups in total. The third-order valence-electron chi connectivity index (χ3n) is 2.15. The van der Waals surface area contributed by atoms with E-state index in [0.717, 1.165) is 12.2 Å². The van der Waals surface area contributed by atoms with Crippen LogP contribution in [0.25, 0.3) is 0 Å². The summed E-state index contributed by atoms with van der Waals surface area (Å²) in [5.74, 6) is 0.832. The van der Waals surface area contributed by atoms with Gasteiger partial charge >= 0.3 is 0 Å². The molecule has 11 heavy (non-hydrogen) atoms. The molecular formula is C10H16O. The average molecular weight is 152 g/mol. The molecule has 1 aliphatic rings. The Bertz CT molecular complexity index is 221. The number of hydrogen-bond acceptors (Lipinski definition) is 1. The molecule has 62 valence electrons. The minimum Gasteiger partial charge on any atom is -0.488 e. The minimum atomic E-state index is -0.0549. The summed E-state index contributed by atoms with van der Waals surface area (Å²) in [4.78, 5) is 0. The highest BCUT2D eigenvalue weighted by atomic mass is 16.5. The van der Waals surface area contributed by atoms with E-state index in [1.165, 1.54) is 11.1 Å². The van der Waals surface area contributed by atoms with Crippen LogP contribution in [0.15, 0.2) is 23.5 Å². The van der Waals surface area contributed by atoms with Crippen molar-refractivity contribution in [3.63, 3.8) is 0 Å². The van der Waals surface area contributed by atoms with Crippen LogP contribution in [0.1, 0.15) is 34.1 Å². The first kappa shape index (κ1) is 8.38. The van der Waals surface area contributed by atoms with Crippen molar-refractivity contribution >= 4 is 0 Å². The van der Waals surface area contributed by atoms with E-state index in [2.05, 4.69) is 34.3 Å². The van der Waals surface area contributed by atoms with Gasteiger partial charge in [-0.1, -0.05) is 12.2 Å². The van der Waals surface area contributed by atoms with E-state index in [-0.39, 0.29) is 5.60 Å². The van der Waals surface area contributed by atoms with Crippen molar-refractivity contribution in [2.24, 2.45) is 0 Å². The number of ether oxygens (including phenoxy) is 1. The molecule has 0 radical (unpaired) electrons. The molecule has 1 aliphatic heterocycles. The van der Waals surface area contributed by atoms with Gasteiger partial charge in [-0.05, 0) is 33.3 Å². The lowest BCUT2D eigenvalue weighted by Gasteiger charge is -2.33. The molecular weight excluding hydrogens is 136 g/mol. The molecule has 1 nitrogen and oxygen atoms in total. The van der Waals surface area contributed by atoms with E-state index in [0.29, 0.717) is 0 Å². The van der Waals surface area contributed by atoms with Crippen LogP contribution in [0.4, 0.5) is 0 Å². The summed E-state index contributed by atoms with van der Waals surface area (Å²) in [5, 5.41) is 0. The van der Waals surface area contributed by atoms with Gasteiger partial charge in [-0.2, -0.15) is 0 Å². The first-order valence-electron chi connectivity index (χ1n) is 3.97. The summed E-state index contributed by atoms with van der Waals surface area (Å²) in [6.07, 6.45) is 1.01. The van der Waals surface area contributed by atoms with Crippen LogP contribution in [-0.4, -0.2) is 5.60 Å². The van der Waals surface area contributed by atoms with E-state index >= 15 is 0 Å². The highest BCUT2D eigenvalue weighted by Gasteiger charge is 2.26. The maximum atomic E-state index is 5.60. The zero-order chi connectivity index (χ0) is 8.65. The normalized spacial score (nSPS) is 23.5. The molecule has 0 saturated carbocycles. The van der Waals surface area contributed by atoms with Gasteiger partial charge in [0, 0.05) is 6.42 Å². The fraction of sp³-hybridized carbons (Fsp3) is 0.600. The third kappa shape index (κ3) is 1.65. The zero-order valence-electron chi connectivity index (χ0n) is 7.82. The van der Waals surface area contributed by atoms with Crippen LogP contribution in [0.5, 0.6) is 0 Å². The highest BCUT2D eigenvalue weighted by Crippen LogP contribution is 2.33. The summed E-state index contributed by atoms with van der Waals surface area (Å²) in [6.45, 7) is 12.2. The van der Waals surface area contributed by atoms with Crippen LogP contribution >= 0.6 is 0 Å². The van der Waals surface area contributed by atoms with E-state index in [4.69, 9.17) is 4.74 Å². The number of hydrogen-bond donors (Lipinski definition) is 0. The molecule has 1 heterocycles. The SMILES string of the molecule is C=C1OC(C)(C)CC(C)=C1C. The molecule has 0 amide bonds. The van der Waals surface area contributed by atoms with Crippen molar-refractivity contribution in [2.45, 2.75) is 39.7 Å². The first-order chi connectivity index (χ1) is 4.92. The molecule has 0 aliphatic carbocycles. The molecule has 0 unspecified atom stereocenters. The Morgan fingerprint density at radius 1 is 1.36 bits per heavy atom. The van der Waals surface area contributed by atoms with Crippen LogP contribution in [0.3, 0.4) is 0 Å². The smallest absolute Gasteiger partial charge is 0.115 e. The molecule has 0 aromatic carbocycles. The van der Waals surface area contributed by atoms with Crippen molar-refractivity contribution < 1.29 is 4.74 Å². The van der Waals surface area contributed by atoms with Crippen molar-refractivity contribution in [1.29, 1.82) is 0 Å². The van der Waals surface area contributed by atoms with E-state index < -0.39 is 0 Å². The maximum absolute atomic E-state index is 5.60. The van der Waals surface area contributed by atoms with Crippen molar-refractivity contribution in [1.82, 2.24) is 0 Å². The predicted molar refractivity (Wildman–Crippen MR) is 47.3 cm³/mol. The standard InChI is InChI=1S/C10H16O/c1-7-6-10(4,5)11-9(3)8(7)2/h3,6H2,1-2,4-5H3. The number of allylic oxidation sites excluding steroid dienone is 1. The van der Waals surface area contributed by atoms with Gasteiger partial charge in [-0.3, -0.25) is 0 Å². The summed E-state index contributed by atoms with van der Waals surface area (Å²) in [6, 6.07) is 0. The number of rotatable bonds is 0. The Balaban J connectivity index is 2.94. The second-order valence-corrected chi connectivity index (χ2v) is 3.87. The summed E-state index contributed by atoms with van der Waals surface area (Å²) in [5.41, 5.74) is 2.55. The topological polar surface area (TPSA) is 9.23 Å².